The molecule has 4 heteroatoms. The first-order valence-corrected chi connectivity index (χ1v) is 6.09. The summed E-state index contributed by atoms with van der Waals surface area (Å²) < 4.78 is 2.22. The third kappa shape index (κ3) is 1.67. The zero-order chi connectivity index (χ0) is 10.1. The van der Waals surface area contributed by atoms with Crippen molar-refractivity contribution in [3.8, 4) is 0 Å². The summed E-state index contributed by atoms with van der Waals surface area (Å²) >= 11 is 0. The maximum absolute atomic E-state index is 4.36. The molecule has 0 unspecified atom stereocenters. The van der Waals surface area contributed by atoms with Crippen LogP contribution in [0.4, 0.5) is 0 Å². The molecule has 0 spiro atoms. The lowest BCUT2D eigenvalue weighted by Crippen LogP contribution is -2.30. The number of hydrogen-bond donors (Lipinski definition) is 1. The molecule has 0 aromatic carbocycles. The summed E-state index contributed by atoms with van der Waals surface area (Å²) in [6.45, 7) is 2.25. The maximum atomic E-state index is 4.36. The second-order valence-electron chi connectivity index (χ2n) is 4.62. The van der Waals surface area contributed by atoms with E-state index in [1.54, 1.807) is 0 Å². The largest absolute Gasteiger partial charge is 0.317 e. The highest BCUT2D eigenvalue weighted by Crippen LogP contribution is 2.25. The van der Waals surface area contributed by atoms with Gasteiger partial charge in [0, 0.05) is 0 Å². The van der Waals surface area contributed by atoms with Crippen LogP contribution in [-0.4, -0.2) is 28.1 Å². The average Bonchev–Trinajstić information content (AvgIpc) is 2.74. The molecular formula is C11H18N4. The molecule has 3 rings (SSSR count). The molecule has 1 aromatic heterocycles. The quantitative estimate of drug-likeness (QED) is 0.747. The minimum Gasteiger partial charge on any atom is -0.317 e. The van der Waals surface area contributed by atoms with Gasteiger partial charge in [-0.1, -0.05) is 5.21 Å². The summed E-state index contributed by atoms with van der Waals surface area (Å²) in [6.07, 6.45) is 7.33. The van der Waals surface area contributed by atoms with Gasteiger partial charge in [0.25, 0.3) is 0 Å². The van der Waals surface area contributed by atoms with Gasteiger partial charge in [-0.05, 0) is 51.6 Å². The van der Waals surface area contributed by atoms with Crippen molar-refractivity contribution in [2.24, 2.45) is 0 Å². The van der Waals surface area contributed by atoms with Gasteiger partial charge in [0.05, 0.1) is 17.4 Å². The fourth-order valence-corrected chi connectivity index (χ4v) is 2.73. The van der Waals surface area contributed by atoms with E-state index in [1.165, 1.54) is 43.5 Å². The molecule has 82 valence electrons. The Bertz CT molecular complexity index is 338. The van der Waals surface area contributed by atoms with Crippen LogP contribution in [0.1, 0.15) is 43.1 Å². The number of piperidine rings is 1. The van der Waals surface area contributed by atoms with E-state index in [9.17, 15) is 0 Å². The summed E-state index contributed by atoms with van der Waals surface area (Å²) in [5.41, 5.74) is 2.69. The highest BCUT2D eigenvalue weighted by Gasteiger charge is 2.23. The molecule has 0 radical (unpaired) electrons. The van der Waals surface area contributed by atoms with Gasteiger partial charge in [0.1, 0.15) is 0 Å². The van der Waals surface area contributed by atoms with Gasteiger partial charge in [-0.3, -0.25) is 0 Å². The first kappa shape index (κ1) is 9.33. The Morgan fingerprint density at radius 1 is 1.13 bits per heavy atom. The molecule has 2 heterocycles. The van der Waals surface area contributed by atoms with Crippen molar-refractivity contribution >= 4 is 0 Å². The fourth-order valence-electron chi connectivity index (χ4n) is 2.73. The van der Waals surface area contributed by atoms with Crippen molar-refractivity contribution in [3.05, 3.63) is 11.4 Å². The van der Waals surface area contributed by atoms with Crippen LogP contribution < -0.4 is 5.32 Å². The van der Waals surface area contributed by atoms with Crippen LogP contribution >= 0.6 is 0 Å². The Kier molecular flexibility index (Phi) is 2.44. The minimum absolute atomic E-state index is 0.598. The van der Waals surface area contributed by atoms with Crippen LogP contribution in [0.25, 0.3) is 0 Å². The Labute approximate surface area is 90.0 Å². The maximum Gasteiger partial charge on any atom is 0.0859 e. The highest BCUT2D eigenvalue weighted by molar-refractivity contribution is 5.14. The van der Waals surface area contributed by atoms with Crippen molar-refractivity contribution in [2.75, 3.05) is 13.1 Å². The molecule has 2 aliphatic rings. The molecule has 0 atom stereocenters. The summed E-state index contributed by atoms with van der Waals surface area (Å²) in [5, 5.41) is 12.1. The predicted molar refractivity (Wildman–Crippen MR) is 57.8 cm³/mol. The molecule has 1 N–H and O–H groups in total. The molecule has 1 fully saturated rings. The van der Waals surface area contributed by atoms with E-state index in [0.29, 0.717) is 6.04 Å². The topological polar surface area (TPSA) is 42.7 Å². The van der Waals surface area contributed by atoms with Gasteiger partial charge in [0.15, 0.2) is 0 Å². The molecule has 0 saturated carbocycles. The van der Waals surface area contributed by atoms with Gasteiger partial charge in [0.2, 0.25) is 0 Å². The molecule has 0 amide bonds. The smallest absolute Gasteiger partial charge is 0.0859 e. The molecule has 0 bridgehead atoms. The SMILES string of the molecule is C1CCc2c(nnn2C2CCNCC2)C1. The fraction of sp³-hybridized carbons (Fsp3) is 0.818. The van der Waals surface area contributed by atoms with E-state index in [0.717, 1.165) is 19.5 Å². The van der Waals surface area contributed by atoms with Crippen molar-refractivity contribution in [3.63, 3.8) is 0 Å². The van der Waals surface area contributed by atoms with Crippen LogP contribution in [0, 0.1) is 0 Å². The zero-order valence-corrected chi connectivity index (χ0v) is 9.08. The lowest BCUT2D eigenvalue weighted by Gasteiger charge is -2.25. The third-order valence-electron chi connectivity index (χ3n) is 3.60. The first-order valence-electron chi connectivity index (χ1n) is 6.09. The number of rotatable bonds is 1. The lowest BCUT2D eigenvalue weighted by atomic mass is 9.99. The van der Waals surface area contributed by atoms with Crippen LogP contribution in [0.2, 0.25) is 0 Å². The zero-order valence-electron chi connectivity index (χ0n) is 9.08. The van der Waals surface area contributed by atoms with Crippen LogP contribution in [0.5, 0.6) is 0 Å². The molecule has 15 heavy (non-hydrogen) atoms. The van der Waals surface area contributed by atoms with E-state index in [2.05, 4.69) is 20.3 Å². The van der Waals surface area contributed by atoms with E-state index in [-0.39, 0.29) is 0 Å². The van der Waals surface area contributed by atoms with Crippen LogP contribution in [-0.2, 0) is 12.8 Å². The van der Waals surface area contributed by atoms with Gasteiger partial charge >= 0.3 is 0 Å². The molecular weight excluding hydrogens is 188 g/mol. The number of aryl methyl sites for hydroxylation is 1. The average molecular weight is 206 g/mol. The molecule has 1 aromatic rings. The monoisotopic (exact) mass is 206 g/mol. The normalized spacial score (nSPS) is 22.7. The van der Waals surface area contributed by atoms with Gasteiger partial charge < -0.3 is 5.32 Å². The Morgan fingerprint density at radius 2 is 1.93 bits per heavy atom. The molecule has 1 aliphatic carbocycles. The summed E-state index contributed by atoms with van der Waals surface area (Å²) in [7, 11) is 0. The van der Waals surface area contributed by atoms with Crippen molar-refractivity contribution in [1.82, 2.24) is 20.3 Å². The standard InChI is InChI=1S/C11H18N4/c1-2-4-11-10(3-1)13-14-15(11)9-5-7-12-8-6-9/h9,12H,1-8H2. The van der Waals surface area contributed by atoms with E-state index >= 15 is 0 Å². The van der Waals surface area contributed by atoms with Gasteiger partial charge in [-0.25, -0.2) is 4.68 Å². The van der Waals surface area contributed by atoms with E-state index in [1.807, 2.05) is 0 Å². The summed E-state index contributed by atoms with van der Waals surface area (Å²) in [4.78, 5) is 0. The summed E-state index contributed by atoms with van der Waals surface area (Å²) in [5.74, 6) is 0. The van der Waals surface area contributed by atoms with Crippen LogP contribution in [0.15, 0.2) is 0 Å². The number of nitrogens with one attached hydrogen (secondary N) is 1. The third-order valence-corrected chi connectivity index (χ3v) is 3.60. The molecule has 1 saturated heterocycles. The van der Waals surface area contributed by atoms with E-state index in [4.69, 9.17) is 0 Å². The highest BCUT2D eigenvalue weighted by atomic mass is 15.4. The van der Waals surface area contributed by atoms with Gasteiger partial charge in [-0.15, -0.1) is 5.10 Å². The lowest BCUT2D eigenvalue weighted by molar-refractivity contribution is 0.328. The molecule has 1 aliphatic heterocycles. The summed E-state index contributed by atoms with van der Waals surface area (Å²) in [6, 6.07) is 0.598. The Morgan fingerprint density at radius 3 is 2.80 bits per heavy atom. The first-order chi connectivity index (χ1) is 7.45. The van der Waals surface area contributed by atoms with Crippen molar-refractivity contribution < 1.29 is 0 Å². The minimum atomic E-state index is 0.598. The van der Waals surface area contributed by atoms with Crippen molar-refractivity contribution in [2.45, 2.75) is 44.6 Å². The van der Waals surface area contributed by atoms with Gasteiger partial charge in [-0.2, -0.15) is 0 Å². The Hall–Kier alpha value is -0.900. The second kappa shape index (κ2) is 3.93. The number of fused-ring (bicyclic) bond motifs is 1. The number of nitrogens with zero attached hydrogens (tertiary/aromatic N) is 3. The molecule has 4 nitrogen and oxygen atoms in total. The number of aromatic nitrogens is 3. The Balaban J connectivity index is 1.87. The van der Waals surface area contributed by atoms with E-state index < -0.39 is 0 Å². The van der Waals surface area contributed by atoms with Crippen molar-refractivity contribution in [1.29, 1.82) is 0 Å². The van der Waals surface area contributed by atoms with Crippen LogP contribution in [0.3, 0.4) is 0 Å². The second-order valence-corrected chi connectivity index (χ2v) is 4.62. The predicted octanol–water partition coefficient (Wildman–Crippen LogP) is 1.08. The number of hydrogen-bond acceptors (Lipinski definition) is 3.